The Labute approximate surface area is 208 Å². The molecule has 5 rings (SSSR count). The Bertz CT molecular complexity index is 1310. The summed E-state index contributed by atoms with van der Waals surface area (Å²) in [6.07, 6.45) is 0. The monoisotopic (exact) mass is 486 g/mol. The van der Waals surface area contributed by atoms with E-state index in [1.165, 1.54) is 11.8 Å². The quantitative estimate of drug-likeness (QED) is 0.317. The molecule has 1 amide bonds. The van der Waals surface area contributed by atoms with E-state index in [1.54, 1.807) is 4.90 Å². The number of carbonyl (C=O) groups is 1. The Morgan fingerprint density at radius 3 is 2.46 bits per heavy atom. The molecular weight excluding hydrogens is 460 g/mol. The predicted molar refractivity (Wildman–Crippen MR) is 137 cm³/mol. The number of ether oxygens (including phenoxy) is 2. The van der Waals surface area contributed by atoms with E-state index < -0.39 is 0 Å². The molecule has 35 heavy (non-hydrogen) atoms. The maximum Gasteiger partial charge on any atom is 0.240 e. The number of hydrogen-bond donors (Lipinski definition) is 0. The van der Waals surface area contributed by atoms with Gasteiger partial charge in [-0.05, 0) is 43.7 Å². The standard InChI is InChI=1S/C27H26N4O3S/c1-3-30(22-12-8-5-9-13-22)26(32)19(2)35-27-29-28-25(21-10-6-4-7-11-21)31(27)17-20-14-15-23-24(16-20)34-18-33-23/h4-16,19H,3,17-18H2,1-2H3. The highest BCUT2D eigenvalue weighted by Gasteiger charge is 2.25. The van der Waals surface area contributed by atoms with Gasteiger partial charge in [-0.3, -0.25) is 9.36 Å². The molecule has 1 atom stereocenters. The van der Waals surface area contributed by atoms with E-state index in [-0.39, 0.29) is 18.0 Å². The first kappa shape index (κ1) is 23.0. The zero-order chi connectivity index (χ0) is 24.2. The van der Waals surface area contributed by atoms with E-state index >= 15 is 0 Å². The molecule has 0 fully saturated rings. The van der Waals surface area contributed by atoms with E-state index in [9.17, 15) is 4.79 Å². The van der Waals surface area contributed by atoms with Gasteiger partial charge in [-0.15, -0.1) is 10.2 Å². The van der Waals surface area contributed by atoms with Crippen molar-refractivity contribution in [3.8, 4) is 22.9 Å². The maximum atomic E-state index is 13.4. The molecule has 3 aromatic carbocycles. The van der Waals surface area contributed by atoms with Gasteiger partial charge in [0.2, 0.25) is 12.7 Å². The van der Waals surface area contributed by atoms with Gasteiger partial charge in [0.25, 0.3) is 0 Å². The number of anilines is 1. The third kappa shape index (κ3) is 4.88. The minimum absolute atomic E-state index is 0.0302. The molecule has 1 unspecified atom stereocenters. The number of aromatic nitrogens is 3. The van der Waals surface area contributed by atoms with Crippen molar-refractivity contribution in [2.75, 3.05) is 18.2 Å². The third-order valence-corrected chi connectivity index (χ3v) is 6.87. The second kappa shape index (κ2) is 10.2. The zero-order valence-corrected chi connectivity index (χ0v) is 20.4. The highest BCUT2D eigenvalue weighted by molar-refractivity contribution is 8.00. The minimum Gasteiger partial charge on any atom is -0.454 e. The third-order valence-electron chi connectivity index (χ3n) is 5.81. The first-order valence-corrected chi connectivity index (χ1v) is 12.4. The molecule has 2 heterocycles. The lowest BCUT2D eigenvalue weighted by atomic mass is 10.2. The Balaban J connectivity index is 1.44. The summed E-state index contributed by atoms with van der Waals surface area (Å²) in [5.74, 6) is 2.26. The Kier molecular flexibility index (Phi) is 6.72. The highest BCUT2D eigenvalue weighted by atomic mass is 32.2. The summed E-state index contributed by atoms with van der Waals surface area (Å²) < 4.78 is 13.1. The summed E-state index contributed by atoms with van der Waals surface area (Å²) in [7, 11) is 0. The van der Waals surface area contributed by atoms with Crippen LogP contribution < -0.4 is 14.4 Å². The van der Waals surface area contributed by atoms with E-state index in [0.717, 1.165) is 34.1 Å². The molecular formula is C27H26N4O3S. The molecule has 7 nitrogen and oxygen atoms in total. The number of rotatable bonds is 8. The molecule has 0 bridgehead atoms. The number of nitrogens with zero attached hydrogens (tertiary/aromatic N) is 4. The van der Waals surface area contributed by atoms with Crippen LogP contribution in [0.5, 0.6) is 11.5 Å². The SMILES string of the molecule is CCN(C(=O)C(C)Sc1nnc(-c2ccccc2)n1Cc1ccc2c(c1)OCO2)c1ccccc1. The van der Waals surface area contributed by atoms with Crippen molar-refractivity contribution in [1.82, 2.24) is 14.8 Å². The van der Waals surface area contributed by atoms with Crippen molar-refractivity contribution >= 4 is 23.4 Å². The molecule has 8 heteroatoms. The lowest BCUT2D eigenvalue weighted by Gasteiger charge is -2.24. The van der Waals surface area contributed by atoms with E-state index in [4.69, 9.17) is 9.47 Å². The first-order valence-electron chi connectivity index (χ1n) is 11.5. The number of fused-ring (bicyclic) bond motifs is 1. The fraction of sp³-hybridized carbons (Fsp3) is 0.222. The van der Waals surface area contributed by atoms with Crippen molar-refractivity contribution in [2.24, 2.45) is 0 Å². The first-order chi connectivity index (χ1) is 17.1. The zero-order valence-electron chi connectivity index (χ0n) is 19.6. The number of para-hydroxylation sites is 1. The van der Waals surface area contributed by atoms with Gasteiger partial charge in [0.05, 0.1) is 11.8 Å². The molecule has 0 N–H and O–H groups in total. The van der Waals surface area contributed by atoms with Crippen LogP contribution in [0.25, 0.3) is 11.4 Å². The Morgan fingerprint density at radius 2 is 1.71 bits per heavy atom. The van der Waals surface area contributed by atoms with Crippen LogP contribution in [0.2, 0.25) is 0 Å². The van der Waals surface area contributed by atoms with Gasteiger partial charge in [0.1, 0.15) is 0 Å². The van der Waals surface area contributed by atoms with Crippen molar-refractivity contribution in [3.63, 3.8) is 0 Å². The normalized spacial score (nSPS) is 13.0. The predicted octanol–water partition coefficient (Wildman–Crippen LogP) is 5.26. The fourth-order valence-electron chi connectivity index (χ4n) is 4.04. The van der Waals surface area contributed by atoms with E-state index in [2.05, 4.69) is 14.8 Å². The van der Waals surface area contributed by atoms with E-state index in [0.29, 0.717) is 18.2 Å². The van der Waals surface area contributed by atoms with Crippen LogP contribution in [0.3, 0.4) is 0 Å². The topological polar surface area (TPSA) is 69.5 Å². The largest absolute Gasteiger partial charge is 0.454 e. The van der Waals surface area contributed by atoms with Crippen molar-refractivity contribution in [2.45, 2.75) is 30.8 Å². The molecule has 178 valence electrons. The average Bonchev–Trinajstić information content (AvgIpc) is 3.52. The summed E-state index contributed by atoms with van der Waals surface area (Å²) >= 11 is 1.42. The molecule has 0 saturated heterocycles. The number of hydrogen-bond acceptors (Lipinski definition) is 6. The van der Waals surface area contributed by atoms with Crippen LogP contribution in [0, 0.1) is 0 Å². The Morgan fingerprint density at radius 1 is 1.00 bits per heavy atom. The summed E-state index contributed by atoms with van der Waals surface area (Å²) in [4.78, 5) is 15.2. The smallest absolute Gasteiger partial charge is 0.240 e. The van der Waals surface area contributed by atoms with Crippen LogP contribution in [0.4, 0.5) is 5.69 Å². The lowest BCUT2D eigenvalue weighted by Crippen LogP contribution is -2.36. The van der Waals surface area contributed by atoms with Crippen LogP contribution in [0.1, 0.15) is 19.4 Å². The van der Waals surface area contributed by atoms with Gasteiger partial charge < -0.3 is 14.4 Å². The minimum atomic E-state index is -0.349. The van der Waals surface area contributed by atoms with Crippen LogP contribution in [-0.2, 0) is 11.3 Å². The van der Waals surface area contributed by atoms with Crippen molar-refractivity contribution < 1.29 is 14.3 Å². The Hall–Kier alpha value is -3.78. The second-order valence-corrected chi connectivity index (χ2v) is 9.43. The van der Waals surface area contributed by atoms with Gasteiger partial charge in [-0.1, -0.05) is 66.4 Å². The van der Waals surface area contributed by atoms with Gasteiger partial charge in [0, 0.05) is 17.8 Å². The lowest BCUT2D eigenvalue weighted by molar-refractivity contribution is -0.117. The fourth-order valence-corrected chi connectivity index (χ4v) is 4.95. The van der Waals surface area contributed by atoms with Crippen LogP contribution in [-0.4, -0.2) is 39.3 Å². The van der Waals surface area contributed by atoms with Gasteiger partial charge in [0.15, 0.2) is 22.5 Å². The number of thioether (sulfide) groups is 1. The van der Waals surface area contributed by atoms with Crippen LogP contribution in [0.15, 0.2) is 84.0 Å². The summed E-state index contributed by atoms with van der Waals surface area (Å²) in [5.41, 5.74) is 2.89. The summed E-state index contributed by atoms with van der Waals surface area (Å²) in [6, 6.07) is 25.6. The van der Waals surface area contributed by atoms with Crippen molar-refractivity contribution in [1.29, 1.82) is 0 Å². The van der Waals surface area contributed by atoms with Crippen LogP contribution >= 0.6 is 11.8 Å². The van der Waals surface area contributed by atoms with Gasteiger partial charge in [-0.25, -0.2) is 0 Å². The molecule has 4 aromatic rings. The maximum absolute atomic E-state index is 13.4. The van der Waals surface area contributed by atoms with Gasteiger partial charge >= 0.3 is 0 Å². The summed E-state index contributed by atoms with van der Waals surface area (Å²) in [6.45, 7) is 5.26. The number of carbonyl (C=O) groups excluding carboxylic acids is 1. The van der Waals surface area contributed by atoms with Gasteiger partial charge in [-0.2, -0.15) is 0 Å². The molecule has 0 saturated carbocycles. The highest BCUT2D eigenvalue weighted by Crippen LogP contribution is 2.34. The molecule has 0 aliphatic carbocycles. The molecule has 1 aliphatic heterocycles. The number of amides is 1. The van der Waals surface area contributed by atoms with E-state index in [1.807, 2.05) is 92.7 Å². The second-order valence-electron chi connectivity index (χ2n) is 8.12. The molecule has 0 spiro atoms. The van der Waals surface area contributed by atoms with Crippen molar-refractivity contribution in [3.05, 3.63) is 84.4 Å². The molecule has 0 radical (unpaired) electrons. The molecule has 1 aliphatic rings. The molecule has 1 aromatic heterocycles. The number of benzene rings is 3. The summed E-state index contributed by atoms with van der Waals surface area (Å²) in [5, 5.41) is 9.33. The average molecular weight is 487 g/mol.